The van der Waals surface area contributed by atoms with Crippen LogP contribution in [0, 0.1) is 5.92 Å². The number of sulfone groups is 1. The highest BCUT2D eigenvalue weighted by Crippen LogP contribution is 2.30. The minimum Gasteiger partial charge on any atom is -0.497 e. The SMILES string of the molecule is COc1ccc(OC)c(NC(=O)C2CCS(=O)(=O)CC2)c1. The van der Waals surface area contributed by atoms with Gasteiger partial charge < -0.3 is 14.8 Å². The van der Waals surface area contributed by atoms with Gasteiger partial charge >= 0.3 is 0 Å². The third kappa shape index (κ3) is 3.87. The number of hydrogen-bond acceptors (Lipinski definition) is 5. The quantitative estimate of drug-likeness (QED) is 0.910. The Morgan fingerprint density at radius 1 is 1.19 bits per heavy atom. The molecule has 0 aliphatic carbocycles. The maximum Gasteiger partial charge on any atom is 0.227 e. The number of ether oxygens (including phenoxy) is 2. The maximum atomic E-state index is 12.2. The Balaban J connectivity index is 2.09. The molecule has 1 amide bonds. The van der Waals surface area contributed by atoms with Gasteiger partial charge in [-0.15, -0.1) is 0 Å². The number of anilines is 1. The first-order valence-corrected chi connectivity index (χ1v) is 8.50. The van der Waals surface area contributed by atoms with Crippen LogP contribution in [-0.4, -0.2) is 40.1 Å². The first kappa shape index (κ1) is 15.6. The normalized spacial score (nSPS) is 18.0. The van der Waals surface area contributed by atoms with Crippen molar-refractivity contribution < 1.29 is 22.7 Å². The monoisotopic (exact) mass is 313 g/mol. The summed E-state index contributed by atoms with van der Waals surface area (Å²) in [5.41, 5.74) is 0.523. The Labute approximate surface area is 124 Å². The summed E-state index contributed by atoms with van der Waals surface area (Å²) in [5, 5.41) is 2.79. The van der Waals surface area contributed by atoms with Gasteiger partial charge in [-0.2, -0.15) is 0 Å². The average molecular weight is 313 g/mol. The van der Waals surface area contributed by atoms with E-state index in [1.54, 1.807) is 25.3 Å². The van der Waals surface area contributed by atoms with Crippen LogP contribution in [0.1, 0.15) is 12.8 Å². The van der Waals surface area contributed by atoms with Gasteiger partial charge in [-0.25, -0.2) is 8.42 Å². The van der Waals surface area contributed by atoms with E-state index in [2.05, 4.69) is 5.32 Å². The largest absolute Gasteiger partial charge is 0.497 e. The third-order valence-corrected chi connectivity index (χ3v) is 5.31. The number of carbonyl (C=O) groups is 1. The van der Waals surface area contributed by atoms with Gasteiger partial charge in [0.05, 0.1) is 31.4 Å². The van der Waals surface area contributed by atoms with E-state index in [0.29, 0.717) is 30.0 Å². The molecule has 1 N–H and O–H groups in total. The van der Waals surface area contributed by atoms with Gasteiger partial charge in [-0.1, -0.05) is 0 Å². The van der Waals surface area contributed by atoms with Gasteiger partial charge in [0.15, 0.2) is 0 Å². The Kier molecular flexibility index (Phi) is 4.72. The van der Waals surface area contributed by atoms with Crippen LogP contribution >= 0.6 is 0 Å². The first-order chi connectivity index (χ1) is 9.95. The number of carbonyl (C=O) groups excluding carboxylic acids is 1. The zero-order valence-electron chi connectivity index (χ0n) is 12.1. The van der Waals surface area contributed by atoms with E-state index in [-0.39, 0.29) is 23.3 Å². The molecule has 0 aromatic heterocycles. The molecular formula is C14H19NO5S. The summed E-state index contributed by atoms with van der Waals surface area (Å²) < 4.78 is 33.1. The van der Waals surface area contributed by atoms with Crippen molar-refractivity contribution >= 4 is 21.4 Å². The van der Waals surface area contributed by atoms with Crippen molar-refractivity contribution in [2.75, 3.05) is 31.0 Å². The van der Waals surface area contributed by atoms with Crippen molar-refractivity contribution in [1.82, 2.24) is 0 Å². The molecule has 1 aliphatic heterocycles. The topological polar surface area (TPSA) is 81.7 Å². The Morgan fingerprint density at radius 2 is 1.86 bits per heavy atom. The number of methoxy groups -OCH3 is 2. The molecule has 1 heterocycles. The van der Waals surface area contributed by atoms with Crippen molar-refractivity contribution in [2.24, 2.45) is 5.92 Å². The van der Waals surface area contributed by atoms with E-state index >= 15 is 0 Å². The van der Waals surface area contributed by atoms with Crippen LogP contribution in [0.3, 0.4) is 0 Å². The van der Waals surface area contributed by atoms with Crippen molar-refractivity contribution in [2.45, 2.75) is 12.8 Å². The van der Waals surface area contributed by atoms with Gasteiger partial charge in [0.25, 0.3) is 0 Å². The van der Waals surface area contributed by atoms with Crippen molar-refractivity contribution in [3.05, 3.63) is 18.2 Å². The molecule has 1 aliphatic rings. The number of hydrogen-bond donors (Lipinski definition) is 1. The van der Waals surface area contributed by atoms with Gasteiger partial charge in [-0.05, 0) is 25.0 Å². The minimum absolute atomic E-state index is 0.0698. The third-order valence-electron chi connectivity index (χ3n) is 3.59. The van der Waals surface area contributed by atoms with Crippen LogP contribution < -0.4 is 14.8 Å². The summed E-state index contributed by atoms with van der Waals surface area (Å²) in [6.45, 7) is 0. The van der Waals surface area contributed by atoms with Crippen molar-refractivity contribution in [3.63, 3.8) is 0 Å². The fourth-order valence-corrected chi connectivity index (χ4v) is 3.79. The summed E-state index contributed by atoms with van der Waals surface area (Å²) in [5.74, 6) is 0.812. The van der Waals surface area contributed by atoms with Gasteiger partial charge in [0.2, 0.25) is 5.91 Å². The van der Waals surface area contributed by atoms with Gasteiger partial charge in [0, 0.05) is 12.0 Å². The molecule has 6 nitrogen and oxygen atoms in total. The van der Waals surface area contributed by atoms with E-state index in [4.69, 9.17) is 9.47 Å². The van der Waals surface area contributed by atoms with E-state index in [1.165, 1.54) is 7.11 Å². The molecule has 1 saturated heterocycles. The fourth-order valence-electron chi connectivity index (χ4n) is 2.30. The molecule has 2 rings (SSSR count). The van der Waals surface area contributed by atoms with Crippen LogP contribution in [0.25, 0.3) is 0 Å². The molecule has 7 heteroatoms. The lowest BCUT2D eigenvalue weighted by atomic mass is 10.0. The summed E-state index contributed by atoms with van der Waals surface area (Å²) in [4.78, 5) is 12.2. The summed E-state index contributed by atoms with van der Waals surface area (Å²) in [6, 6.07) is 5.12. The number of amides is 1. The fraction of sp³-hybridized carbons (Fsp3) is 0.500. The lowest BCUT2D eigenvalue weighted by Gasteiger charge is -2.21. The van der Waals surface area contributed by atoms with Crippen LogP contribution in [0.15, 0.2) is 18.2 Å². The van der Waals surface area contributed by atoms with E-state index < -0.39 is 9.84 Å². The Morgan fingerprint density at radius 3 is 2.43 bits per heavy atom. The van der Waals surface area contributed by atoms with Crippen LogP contribution in [0.2, 0.25) is 0 Å². The molecule has 116 valence electrons. The summed E-state index contributed by atoms with van der Waals surface area (Å²) in [7, 11) is 0.0893. The smallest absolute Gasteiger partial charge is 0.227 e. The second-order valence-electron chi connectivity index (χ2n) is 4.98. The second kappa shape index (κ2) is 6.34. The molecule has 0 saturated carbocycles. The van der Waals surface area contributed by atoms with Crippen LogP contribution in [-0.2, 0) is 14.6 Å². The lowest BCUT2D eigenvalue weighted by molar-refractivity contribution is -0.120. The van der Waals surface area contributed by atoms with Crippen LogP contribution in [0.4, 0.5) is 5.69 Å². The van der Waals surface area contributed by atoms with E-state index in [9.17, 15) is 13.2 Å². The Bertz CT molecular complexity index is 612. The first-order valence-electron chi connectivity index (χ1n) is 6.68. The summed E-state index contributed by atoms with van der Waals surface area (Å²) >= 11 is 0. The van der Waals surface area contributed by atoms with Crippen LogP contribution in [0.5, 0.6) is 11.5 Å². The predicted octanol–water partition coefficient (Wildman–Crippen LogP) is 1.47. The zero-order chi connectivity index (χ0) is 15.5. The summed E-state index contributed by atoms with van der Waals surface area (Å²) in [6.07, 6.45) is 0.723. The highest BCUT2D eigenvalue weighted by molar-refractivity contribution is 7.91. The molecule has 0 radical (unpaired) electrons. The van der Waals surface area contributed by atoms with E-state index in [0.717, 1.165) is 0 Å². The number of nitrogens with one attached hydrogen (secondary N) is 1. The maximum absolute atomic E-state index is 12.2. The highest BCUT2D eigenvalue weighted by Gasteiger charge is 2.28. The molecule has 0 spiro atoms. The molecule has 0 atom stereocenters. The standard InChI is InChI=1S/C14H19NO5S/c1-19-11-3-4-13(20-2)12(9-11)15-14(16)10-5-7-21(17,18)8-6-10/h3-4,9-10H,5-8H2,1-2H3,(H,15,16). The number of benzene rings is 1. The molecule has 1 fully saturated rings. The molecule has 1 aromatic carbocycles. The molecule has 1 aromatic rings. The van der Waals surface area contributed by atoms with Crippen molar-refractivity contribution in [3.8, 4) is 11.5 Å². The number of rotatable bonds is 4. The van der Waals surface area contributed by atoms with Gasteiger partial charge in [-0.3, -0.25) is 4.79 Å². The average Bonchev–Trinajstić information content (AvgIpc) is 2.46. The predicted molar refractivity (Wildman–Crippen MR) is 79.6 cm³/mol. The second-order valence-corrected chi connectivity index (χ2v) is 7.29. The lowest BCUT2D eigenvalue weighted by Crippen LogP contribution is -2.31. The molecule has 0 unspecified atom stereocenters. The molecular weight excluding hydrogens is 294 g/mol. The van der Waals surface area contributed by atoms with Crippen molar-refractivity contribution in [1.29, 1.82) is 0 Å². The highest BCUT2D eigenvalue weighted by atomic mass is 32.2. The Hall–Kier alpha value is -1.76. The molecule has 0 bridgehead atoms. The van der Waals surface area contributed by atoms with E-state index in [1.807, 2.05) is 0 Å². The zero-order valence-corrected chi connectivity index (χ0v) is 12.9. The van der Waals surface area contributed by atoms with Gasteiger partial charge in [0.1, 0.15) is 21.3 Å². The minimum atomic E-state index is -2.97. The molecule has 21 heavy (non-hydrogen) atoms.